The first-order valence-electron chi connectivity index (χ1n) is 11.5. The highest BCUT2D eigenvalue weighted by atomic mass is 32.2. The van der Waals surface area contributed by atoms with E-state index in [4.69, 9.17) is 9.47 Å². The van der Waals surface area contributed by atoms with Crippen LogP contribution in [0.5, 0.6) is 11.5 Å². The second-order valence-electron chi connectivity index (χ2n) is 7.82. The zero-order valence-corrected chi connectivity index (χ0v) is 22.6. The van der Waals surface area contributed by atoms with Crippen molar-refractivity contribution in [1.82, 2.24) is 14.5 Å². The number of ether oxygens (including phenoxy) is 2. The summed E-state index contributed by atoms with van der Waals surface area (Å²) in [4.78, 5) is 39.1. The molecule has 0 unspecified atom stereocenters. The smallest absolute Gasteiger partial charge is 0.293 e. The quantitative estimate of drug-likeness (QED) is 0.426. The molecule has 12 heteroatoms. The molecule has 3 rings (SSSR count). The van der Waals surface area contributed by atoms with Crippen molar-refractivity contribution >= 4 is 44.9 Å². The molecular weight excluding hydrogens is 518 g/mol. The van der Waals surface area contributed by atoms with Crippen LogP contribution in [-0.2, 0) is 14.8 Å². The van der Waals surface area contributed by atoms with E-state index in [0.29, 0.717) is 30.2 Å². The Labute approximate surface area is 220 Å². The number of hydrogen-bond acceptors (Lipinski definition) is 8. The van der Waals surface area contributed by atoms with Gasteiger partial charge in [0.25, 0.3) is 17.1 Å². The van der Waals surface area contributed by atoms with Crippen LogP contribution in [0.25, 0.3) is 6.08 Å². The minimum absolute atomic E-state index is 0.00585. The zero-order chi connectivity index (χ0) is 27.2. The van der Waals surface area contributed by atoms with Gasteiger partial charge in [0, 0.05) is 31.7 Å². The van der Waals surface area contributed by atoms with Gasteiger partial charge in [0.05, 0.1) is 24.0 Å². The Morgan fingerprint density at radius 3 is 2.27 bits per heavy atom. The summed E-state index contributed by atoms with van der Waals surface area (Å²) in [6.07, 6.45) is 1.60. The second-order valence-corrected chi connectivity index (χ2v) is 10.7. The fourth-order valence-electron chi connectivity index (χ4n) is 3.66. The average Bonchev–Trinajstić information content (AvgIpc) is 3.16. The first kappa shape index (κ1) is 28.2. The van der Waals surface area contributed by atoms with Crippen LogP contribution in [0.4, 0.5) is 4.79 Å². The van der Waals surface area contributed by atoms with Gasteiger partial charge in [-0.05, 0) is 59.8 Å². The van der Waals surface area contributed by atoms with Crippen molar-refractivity contribution in [3.05, 3.63) is 58.5 Å². The summed E-state index contributed by atoms with van der Waals surface area (Å²) in [5.41, 5.74) is 0.934. The number of carbonyl (C=O) groups excluding carboxylic acids is 3. The standard InChI is InChI=1S/C25H29N3O7S2/c1-5-27(6-2)37(32,33)19-10-8-18(9-11-19)23(29)26-13-14-28-24(30)22(36-25(28)31)16-17-7-12-20(34-3)21(15-17)35-4/h7-12,15-16H,5-6,13-14H2,1-4H3,(H,26,29). The van der Waals surface area contributed by atoms with Crippen molar-refractivity contribution in [2.75, 3.05) is 40.4 Å². The number of sulfonamides is 1. The van der Waals surface area contributed by atoms with Crippen LogP contribution in [-0.4, -0.2) is 75.1 Å². The van der Waals surface area contributed by atoms with Crippen LogP contribution >= 0.6 is 11.8 Å². The molecule has 0 aromatic heterocycles. The summed E-state index contributed by atoms with van der Waals surface area (Å²) < 4.78 is 37.0. The lowest BCUT2D eigenvalue weighted by Gasteiger charge is -2.18. The van der Waals surface area contributed by atoms with Crippen LogP contribution in [0.2, 0.25) is 0 Å². The van der Waals surface area contributed by atoms with Crippen molar-refractivity contribution in [3.8, 4) is 11.5 Å². The van der Waals surface area contributed by atoms with Crippen LogP contribution in [0.3, 0.4) is 0 Å². The van der Waals surface area contributed by atoms with E-state index in [-0.39, 0.29) is 28.5 Å². The van der Waals surface area contributed by atoms with Gasteiger partial charge in [0.15, 0.2) is 11.5 Å². The monoisotopic (exact) mass is 547 g/mol. The van der Waals surface area contributed by atoms with E-state index in [9.17, 15) is 22.8 Å². The minimum Gasteiger partial charge on any atom is -0.493 e. The van der Waals surface area contributed by atoms with Gasteiger partial charge < -0.3 is 14.8 Å². The number of nitrogens with one attached hydrogen (secondary N) is 1. The zero-order valence-electron chi connectivity index (χ0n) is 21.0. The molecule has 0 atom stereocenters. The van der Waals surface area contributed by atoms with Crippen LogP contribution in [0.15, 0.2) is 52.3 Å². The van der Waals surface area contributed by atoms with Crippen molar-refractivity contribution in [2.45, 2.75) is 18.7 Å². The summed E-state index contributed by atoms with van der Waals surface area (Å²) in [6, 6.07) is 10.8. The lowest BCUT2D eigenvalue weighted by molar-refractivity contribution is -0.122. The van der Waals surface area contributed by atoms with Gasteiger partial charge in [0.2, 0.25) is 10.0 Å². The molecule has 1 N–H and O–H groups in total. The fraction of sp³-hybridized carbons (Fsp3) is 0.320. The molecule has 3 amide bonds. The van der Waals surface area contributed by atoms with Crippen LogP contribution in [0, 0.1) is 0 Å². The van der Waals surface area contributed by atoms with Crippen LogP contribution < -0.4 is 14.8 Å². The Kier molecular flexibility index (Phi) is 9.35. The Hall–Kier alpha value is -3.35. The summed E-state index contributed by atoms with van der Waals surface area (Å²) >= 11 is 0.818. The molecule has 10 nitrogen and oxygen atoms in total. The number of thioether (sulfide) groups is 1. The van der Waals surface area contributed by atoms with Gasteiger partial charge in [-0.2, -0.15) is 4.31 Å². The second kappa shape index (κ2) is 12.3. The largest absolute Gasteiger partial charge is 0.493 e. The third-order valence-corrected chi connectivity index (χ3v) is 8.63. The highest BCUT2D eigenvalue weighted by Gasteiger charge is 2.34. The SMILES string of the molecule is CCN(CC)S(=O)(=O)c1ccc(C(=O)NCCN2C(=O)SC(=Cc3ccc(OC)c(OC)c3)C2=O)cc1. The van der Waals surface area contributed by atoms with Gasteiger partial charge >= 0.3 is 0 Å². The summed E-state index contributed by atoms with van der Waals surface area (Å²) in [5, 5.41) is 2.23. The number of methoxy groups -OCH3 is 2. The molecule has 1 saturated heterocycles. The molecule has 0 aliphatic carbocycles. The van der Waals surface area contributed by atoms with E-state index >= 15 is 0 Å². The molecule has 0 spiro atoms. The number of hydrogen-bond donors (Lipinski definition) is 1. The molecule has 37 heavy (non-hydrogen) atoms. The van der Waals surface area contributed by atoms with Crippen molar-refractivity contribution in [1.29, 1.82) is 0 Å². The minimum atomic E-state index is -3.62. The van der Waals surface area contributed by atoms with Gasteiger partial charge in [-0.25, -0.2) is 8.42 Å². The lowest BCUT2D eigenvalue weighted by atomic mass is 10.2. The maximum absolute atomic E-state index is 12.8. The predicted octanol–water partition coefficient (Wildman–Crippen LogP) is 3.20. The van der Waals surface area contributed by atoms with E-state index in [1.807, 2.05) is 0 Å². The molecule has 2 aromatic carbocycles. The number of imide groups is 1. The summed E-state index contributed by atoms with van der Waals surface area (Å²) in [7, 11) is -0.592. The molecule has 0 bridgehead atoms. The highest BCUT2D eigenvalue weighted by molar-refractivity contribution is 8.18. The lowest BCUT2D eigenvalue weighted by Crippen LogP contribution is -2.37. The molecule has 0 saturated carbocycles. The van der Waals surface area contributed by atoms with E-state index in [0.717, 1.165) is 16.7 Å². The topological polar surface area (TPSA) is 122 Å². The Bertz CT molecular complexity index is 1300. The predicted molar refractivity (Wildman–Crippen MR) is 141 cm³/mol. The molecular formula is C25H29N3O7S2. The van der Waals surface area contributed by atoms with Crippen molar-refractivity contribution in [2.24, 2.45) is 0 Å². The van der Waals surface area contributed by atoms with E-state index in [1.165, 1.54) is 42.8 Å². The van der Waals surface area contributed by atoms with Crippen LogP contribution in [0.1, 0.15) is 29.8 Å². The van der Waals surface area contributed by atoms with E-state index in [1.54, 1.807) is 38.1 Å². The third kappa shape index (κ3) is 6.32. The highest BCUT2D eigenvalue weighted by Crippen LogP contribution is 2.34. The Morgan fingerprint density at radius 1 is 1.03 bits per heavy atom. The summed E-state index contributed by atoms with van der Waals surface area (Å²) in [5.74, 6) is 0.144. The number of rotatable bonds is 11. The molecule has 1 aliphatic heterocycles. The summed E-state index contributed by atoms with van der Waals surface area (Å²) in [6.45, 7) is 4.24. The third-order valence-electron chi connectivity index (χ3n) is 5.66. The molecule has 2 aromatic rings. The Morgan fingerprint density at radius 2 is 1.68 bits per heavy atom. The number of amides is 3. The van der Waals surface area contributed by atoms with Crippen molar-refractivity contribution < 1.29 is 32.3 Å². The molecule has 198 valence electrons. The Balaban J connectivity index is 1.60. The molecule has 1 fully saturated rings. The van der Waals surface area contributed by atoms with E-state index in [2.05, 4.69) is 5.32 Å². The number of benzene rings is 2. The first-order chi connectivity index (χ1) is 17.7. The van der Waals surface area contributed by atoms with Gasteiger partial charge in [-0.15, -0.1) is 0 Å². The molecule has 0 radical (unpaired) electrons. The number of carbonyl (C=O) groups is 3. The maximum atomic E-state index is 12.8. The van der Waals surface area contributed by atoms with Gasteiger partial charge in [-0.1, -0.05) is 19.9 Å². The maximum Gasteiger partial charge on any atom is 0.293 e. The number of nitrogens with zero attached hydrogens (tertiary/aromatic N) is 2. The average molecular weight is 548 g/mol. The molecule has 1 heterocycles. The fourth-order valence-corrected chi connectivity index (χ4v) is 5.98. The molecule has 1 aliphatic rings. The van der Waals surface area contributed by atoms with Gasteiger partial charge in [-0.3, -0.25) is 19.3 Å². The van der Waals surface area contributed by atoms with Crippen molar-refractivity contribution in [3.63, 3.8) is 0 Å². The van der Waals surface area contributed by atoms with E-state index < -0.39 is 27.1 Å². The van der Waals surface area contributed by atoms with Gasteiger partial charge in [0.1, 0.15) is 0 Å². The first-order valence-corrected chi connectivity index (χ1v) is 13.8. The normalized spacial score (nSPS) is 14.9.